The molecule has 1 aromatic heterocycles. The highest BCUT2D eigenvalue weighted by Gasteiger charge is 2.35. The number of hydrogen-bond acceptors (Lipinski definition) is 5. The molecule has 8 nitrogen and oxygen atoms in total. The van der Waals surface area contributed by atoms with Crippen molar-refractivity contribution >= 4 is 20.0 Å². The second kappa shape index (κ2) is 4.61. The normalized spacial score (nSPS) is 23.1. The van der Waals surface area contributed by atoms with Crippen LogP contribution in [-0.4, -0.2) is 49.7 Å². The van der Waals surface area contributed by atoms with Crippen LogP contribution in [-0.2, 0) is 20.0 Å². The van der Waals surface area contributed by atoms with Crippen molar-refractivity contribution in [2.24, 2.45) is 5.14 Å². The molecule has 0 radical (unpaired) electrons. The first-order valence-electron chi connectivity index (χ1n) is 5.32. The molecule has 0 aliphatic carbocycles. The highest BCUT2D eigenvalue weighted by molar-refractivity contribution is 7.90. The zero-order valence-electron chi connectivity index (χ0n) is 9.48. The van der Waals surface area contributed by atoms with Gasteiger partial charge in [-0.25, -0.2) is 22.0 Å². The maximum Gasteiger partial charge on any atom is 0.246 e. The Bertz CT molecular complexity index is 608. The lowest BCUT2D eigenvalue weighted by Gasteiger charge is -2.30. The Morgan fingerprint density at radius 3 is 2.67 bits per heavy atom. The molecule has 1 saturated heterocycles. The van der Waals surface area contributed by atoms with Crippen molar-refractivity contribution in [2.75, 3.05) is 13.1 Å². The minimum absolute atomic E-state index is 0.0255. The number of nitrogens with zero attached hydrogens (tertiary/aromatic N) is 2. The number of piperidine rings is 1. The lowest BCUT2D eigenvalue weighted by atomic mass is 10.2. The van der Waals surface area contributed by atoms with Crippen LogP contribution in [0.4, 0.5) is 0 Å². The van der Waals surface area contributed by atoms with Gasteiger partial charge in [-0.2, -0.15) is 9.40 Å². The summed E-state index contributed by atoms with van der Waals surface area (Å²) in [7, 11) is -7.41. The molecular weight excluding hydrogens is 280 g/mol. The molecule has 2 heterocycles. The Kier molecular flexibility index (Phi) is 3.45. The van der Waals surface area contributed by atoms with Crippen molar-refractivity contribution in [1.29, 1.82) is 0 Å². The maximum atomic E-state index is 12.2. The fourth-order valence-electron chi connectivity index (χ4n) is 1.92. The van der Waals surface area contributed by atoms with Gasteiger partial charge in [-0.1, -0.05) is 0 Å². The van der Waals surface area contributed by atoms with E-state index in [4.69, 9.17) is 5.14 Å². The van der Waals surface area contributed by atoms with E-state index in [2.05, 4.69) is 10.2 Å². The van der Waals surface area contributed by atoms with Crippen molar-refractivity contribution in [3.63, 3.8) is 0 Å². The summed E-state index contributed by atoms with van der Waals surface area (Å²) in [6.07, 6.45) is 3.31. The zero-order chi connectivity index (χ0) is 13.4. The first-order chi connectivity index (χ1) is 8.32. The zero-order valence-corrected chi connectivity index (χ0v) is 11.1. The van der Waals surface area contributed by atoms with E-state index in [0.29, 0.717) is 19.4 Å². The largest absolute Gasteiger partial charge is 0.284 e. The SMILES string of the molecule is NS(=O)(=O)C1CCCN(S(=O)(=O)c2cn[nH]c2)C1. The van der Waals surface area contributed by atoms with Crippen LogP contribution in [0.25, 0.3) is 0 Å². The predicted octanol–water partition coefficient (Wildman–Crippen LogP) is -1.15. The number of sulfonamides is 2. The van der Waals surface area contributed by atoms with Crippen molar-refractivity contribution in [2.45, 2.75) is 23.0 Å². The molecule has 18 heavy (non-hydrogen) atoms. The summed E-state index contributed by atoms with van der Waals surface area (Å²) in [4.78, 5) is 0.0255. The molecular formula is C8H14N4O4S2. The molecule has 1 aliphatic heterocycles. The van der Waals surface area contributed by atoms with Crippen LogP contribution in [0, 0.1) is 0 Å². The summed E-state index contributed by atoms with van der Waals surface area (Å²) in [5, 5.41) is 10.2. The van der Waals surface area contributed by atoms with Crippen LogP contribution in [0.2, 0.25) is 0 Å². The lowest BCUT2D eigenvalue weighted by Crippen LogP contribution is -2.46. The summed E-state index contributed by atoms with van der Waals surface area (Å²) in [5.74, 6) is 0. The van der Waals surface area contributed by atoms with E-state index in [1.54, 1.807) is 0 Å². The quantitative estimate of drug-likeness (QED) is 0.728. The average molecular weight is 294 g/mol. The highest BCUT2D eigenvalue weighted by atomic mass is 32.2. The fraction of sp³-hybridized carbons (Fsp3) is 0.625. The number of aromatic nitrogens is 2. The smallest absolute Gasteiger partial charge is 0.246 e. The van der Waals surface area contributed by atoms with Gasteiger partial charge in [0.15, 0.2) is 0 Å². The molecule has 1 fully saturated rings. The van der Waals surface area contributed by atoms with Gasteiger partial charge in [-0.3, -0.25) is 5.10 Å². The van der Waals surface area contributed by atoms with E-state index in [1.807, 2.05) is 0 Å². The van der Waals surface area contributed by atoms with Gasteiger partial charge in [0.25, 0.3) is 0 Å². The van der Waals surface area contributed by atoms with Gasteiger partial charge in [0.2, 0.25) is 20.0 Å². The highest BCUT2D eigenvalue weighted by Crippen LogP contribution is 2.22. The third kappa shape index (κ3) is 2.55. The van der Waals surface area contributed by atoms with Crippen LogP contribution in [0.5, 0.6) is 0 Å². The second-order valence-electron chi connectivity index (χ2n) is 4.15. The van der Waals surface area contributed by atoms with E-state index in [-0.39, 0.29) is 11.4 Å². The third-order valence-electron chi connectivity index (χ3n) is 2.92. The van der Waals surface area contributed by atoms with E-state index in [0.717, 1.165) is 4.31 Å². The third-order valence-corrected chi connectivity index (χ3v) is 6.06. The summed E-state index contributed by atoms with van der Waals surface area (Å²) < 4.78 is 48.0. The average Bonchev–Trinajstić information content (AvgIpc) is 2.82. The Morgan fingerprint density at radius 1 is 1.39 bits per heavy atom. The van der Waals surface area contributed by atoms with Gasteiger partial charge in [0.05, 0.1) is 11.4 Å². The van der Waals surface area contributed by atoms with Crippen LogP contribution in [0.1, 0.15) is 12.8 Å². The molecule has 0 spiro atoms. The predicted molar refractivity (Wildman–Crippen MR) is 63.5 cm³/mol. The number of hydrogen-bond donors (Lipinski definition) is 2. The molecule has 1 aromatic rings. The van der Waals surface area contributed by atoms with Gasteiger partial charge < -0.3 is 0 Å². The van der Waals surface area contributed by atoms with E-state index in [1.165, 1.54) is 12.4 Å². The molecule has 0 aromatic carbocycles. The fourth-order valence-corrected chi connectivity index (χ4v) is 4.33. The number of H-pyrrole nitrogens is 1. The molecule has 1 atom stereocenters. The van der Waals surface area contributed by atoms with E-state index < -0.39 is 25.3 Å². The minimum atomic E-state index is -3.72. The molecule has 0 bridgehead atoms. The van der Waals surface area contributed by atoms with Crippen molar-refractivity contribution < 1.29 is 16.8 Å². The maximum absolute atomic E-state index is 12.2. The van der Waals surface area contributed by atoms with Gasteiger partial charge in [0.1, 0.15) is 4.90 Å². The Labute approximate surface area is 105 Å². The van der Waals surface area contributed by atoms with Crippen molar-refractivity contribution in [3.05, 3.63) is 12.4 Å². The molecule has 1 unspecified atom stereocenters. The molecule has 10 heteroatoms. The summed E-state index contributed by atoms with van der Waals surface area (Å²) in [5.41, 5.74) is 0. The first kappa shape index (κ1) is 13.5. The van der Waals surface area contributed by atoms with Gasteiger partial charge in [0, 0.05) is 19.3 Å². The topological polar surface area (TPSA) is 126 Å². The van der Waals surface area contributed by atoms with Crippen LogP contribution >= 0.6 is 0 Å². The second-order valence-corrected chi connectivity index (χ2v) is 7.93. The number of aromatic amines is 1. The van der Waals surface area contributed by atoms with Crippen LogP contribution in [0.3, 0.4) is 0 Å². The molecule has 2 rings (SSSR count). The molecule has 3 N–H and O–H groups in total. The number of primary sulfonamides is 1. The van der Waals surface area contributed by atoms with Gasteiger partial charge in [-0.15, -0.1) is 0 Å². The van der Waals surface area contributed by atoms with E-state index >= 15 is 0 Å². The van der Waals surface area contributed by atoms with Gasteiger partial charge >= 0.3 is 0 Å². The Balaban J connectivity index is 2.25. The lowest BCUT2D eigenvalue weighted by molar-refractivity contribution is 0.346. The Morgan fingerprint density at radius 2 is 2.11 bits per heavy atom. The number of rotatable bonds is 3. The molecule has 102 valence electrons. The summed E-state index contributed by atoms with van der Waals surface area (Å²) in [6.45, 7) is 0.186. The first-order valence-corrected chi connectivity index (χ1v) is 8.37. The van der Waals surface area contributed by atoms with Crippen LogP contribution in [0.15, 0.2) is 17.3 Å². The molecule has 1 aliphatic rings. The van der Waals surface area contributed by atoms with Crippen LogP contribution < -0.4 is 5.14 Å². The summed E-state index contributed by atoms with van der Waals surface area (Å²) in [6, 6.07) is 0. The molecule has 0 saturated carbocycles. The standard InChI is InChI=1S/C8H14N4O4S2/c9-17(13,14)7-2-1-3-12(6-7)18(15,16)8-4-10-11-5-8/h4-5,7H,1-3,6H2,(H,10,11)(H2,9,13,14). The minimum Gasteiger partial charge on any atom is -0.284 e. The van der Waals surface area contributed by atoms with Gasteiger partial charge in [-0.05, 0) is 12.8 Å². The molecule has 0 amide bonds. The monoisotopic (exact) mass is 294 g/mol. The summed E-state index contributed by atoms with van der Waals surface area (Å²) >= 11 is 0. The van der Waals surface area contributed by atoms with E-state index in [9.17, 15) is 16.8 Å². The van der Waals surface area contributed by atoms with Crippen molar-refractivity contribution in [3.8, 4) is 0 Å². The van der Waals surface area contributed by atoms with Crippen molar-refractivity contribution in [1.82, 2.24) is 14.5 Å². The number of nitrogens with two attached hydrogens (primary N) is 1. The Hall–Kier alpha value is -0.970. The number of nitrogens with one attached hydrogen (secondary N) is 1.